The molecule has 0 aliphatic rings. The number of hydrogen-bond acceptors (Lipinski definition) is 1. The topological polar surface area (TPSA) is 37.3 Å². The van der Waals surface area contributed by atoms with Crippen LogP contribution in [0.1, 0.15) is 59.3 Å². The number of halogens is 1. The van der Waals surface area contributed by atoms with Crippen LogP contribution in [0.25, 0.3) is 0 Å². The summed E-state index contributed by atoms with van der Waals surface area (Å²) in [4.78, 5) is 9.24. The quantitative estimate of drug-likeness (QED) is 0.439. The minimum Gasteiger partial charge on any atom is -0.480 e. The van der Waals surface area contributed by atoms with Gasteiger partial charge in [-0.15, -0.1) is 11.6 Å². The number of hydrogen-bond donors (Lipinski definition) is 1. The summed E-state index contributed by atoms with van der Waals surface area (Å²) in [5, 5.41) is 12.5. The molecule has 0 aromatic carbocycles. The predicted molar refractivity (Wildman–Crippen MR) is 83.3 cm³/mol. The molecule has 0 aromatic rings. The Morgan fingerprint density at radius 1 is 0.944 bits per heavy atom. The zero-order chi connectivity index (χ0) is 14.2. The zero-order valence-electron chi connectivity index (χ0n) is 12.3. The number of unbranched alkanes of at least 4 members (excludes halogenated alkanes) is 3. The van der Waals surface area contributed by atoms with Crippen molar-refractivity contribution in [3.05, 3.63) is 0 Å². The van der Waals surface area contributed by atoms with Crippen molar-refractivity contribution in [2.24, 2.45) is 0 Å². The van der Waals surface area contributed by atoms with Gasteiger partial charge in [0.1, 0.15) is 5.88 Å². The van der Waals surface area contributed by atoms with Crippen molar-refractivity contribution in [1.82, 2.24) is 0 Å². The van der Waals surface area contributed by atoms with Crippen molar-refractivity contribution >= 4 is 31.9 Å². The molecule has 4 heteroatoms. The molecule has 0 unspecified atom stereocenters. The fourth-order valence-corrected chi connectivity index (χ4v) is 8.60. The van der Waals surface area contributed by atoms with E-state index in [-0.39, 0.29) is 5.88 Å². The Bertz CT molecular complexity index is 158. The van der Waals surface area contributed by atoms with Crippen LogP contribution in [0.2, 0.25) is 15.8 Å². The molecule has 0 aliphatic carbocycles. The van der Waals surface area contributed by atoms with Crippen LogP contribution >= 0.6 is 11.6 Å². The fourth-order valence-electron chi connectivity index (χ4n) is 1.66. The molecule has 0 spiro atoms. The van der Waals surface area contributed by atoms with Gasteiger partial charge in [0.15, 0.2) is 0 Å². The number of carboxylic acids is 1. The van der Waals surface area contributed by atoms with Crippen LogP contribution < -0.4 is 0 Å². The molecule has 0 saturated heterocycles. The second-order valence-corrected chi connectivity index (χ2v) is 11.1. The van der Waals surface area contributed by atoms with Crippen LogP contribution in [0, 0.1) is 0 Å². The molecule has 0 saturated carbocycles. The minimum atomic E-state index is -0.980. The van der Waals surface area contributed by atoms with Crippen LogP contribution in [-0.4, -0.2) is 31.3 Å². The first kappa shape index (κ1) is 20.6. The molecule has 0 heterocycles. The molecule has 0 aliphatic heterocycles. The molecule has 0 fully saturated rings. The smallest absolute Gasteiger partial charge is 0.318 e. The molecular formula is C14H30ClGeO2. The number of carboxylic acid groups (broad SMARTS) is 1. The molecule has 0 rings (SSSR count). The Hall–Kier alpha value is 0.303. The summed E-state index contributed by atoms with van der Waals surface area (Å²) in [6.07, 6.45) is 8.78. The average Bonchev–Trinajstić information content (AvgIpc) is 2.38. The van der Waals surface area contributed by atoms with Gasteiger partial charge in [0.05, 0.1) is 0 Å². The summed E-state index contributed by atoms with van der Waals surface area (Å²) >= 11 is 4.18. The molecule has 2 nitrogen and oxygen atoms in total. The summed E-state index contributed by atoms with van der Waals surface area (Å²) in [5.74, 6) is -1.29. The van der Waals surface area contributed by atoms with E-state index in [0.717, 1.165) is 0 Å². The summed E-state index contributed by atoms with van der Waals surface area (Å²) in [5.41, 5.74) is 0. The SMILES string of the molecule is CCC[CH2][Ge]([CH2]CCC)[CH2]CCC.O=C(O)CCl. The minimum absolute atomic E-state index is 0.306. The first-order chi connectivity index (χ1) is 8.62. The molecule has 0 aromatic heterocycles. The number of aliphatic carboxylic acids is 1. The van der Waals surface area contributed by atoms with E-state index in [1.54, 1.807) is 15.8 Å². The predicted octanol–water partition coefficient (Wildman–Crippen LogP) is 5.19. The summed E-state index contributed by atoms with van der Waals surface area (Å²) in [6, 6.07) is 0. The van der Waals surface area contributed by atoms with Crippen molar-refractivity contribution in [3.63, 3.8) is 0 Å². The molecule has 1 radical (unpaired) electrons. The summed E-state index contributed by atoms with van der Waals surface area (Å²) < 4.78 is 0. The van der Waals surface area contributed by atoms with E-state index in [1.165, 1.54) is 38.5 Å². The van der Waals surface area contributed by atoms with Crippen LogP contribution in [-0.2, 0) is 4.79 Å². The molecule has 0 atom stereocenters. The number of alkyl halides is 1. The fraction of sp³-hybridized carbons (Fsp3) is 0.929. The van der Waals surface area contributed by atoms with Gasteiger partial charge in [0.25, 0.3) is 0 Å². The van der Waals surface area contributed by atoms with Crippen molar-refractivity contribution in [1.29, 1.82) is 0 Å². The van der Waals surface area contributed by atoms with Gasteiger partial charge in [-0.1, -0.05) is 0 Å². The molecule has 0 amide bonds. The molecule has 1 N–H and O–H groups in total. The van der Waals surface area contributed by atoms with Crippen LogP contribution in [0.5, 0.6) is 0 Å². The van der Waals surface area contributed by atoms with Crippen LogP contribution in [0.15, 0.2) is 0 Å². The average molecular weight is 338 g/mol. The van der Waals surface area contributed by atoms with Gasteiger partial charge in [-0.3, -0.25) is 4.79 Å². The van der Waals surface area contributed by atoms with Gasteiger partial charge in [-0.25, -0.2) is 0 Å². The Labute approximate surface area is 123 Å². The molecular weight excluding hydrogens is 308 g/mol. The monoisotopic (exact) mass is 339 g/mol. The van der Waals surface area contributed by atoms with E-state index in [9.17, 15) is 4.79 Å². The Balaban J connectivity index is 0. The standard InChI is InChI=1S/C12H27Ge.C2H3ClO2/c1-4-7-10-13(11-8-5-2)12-9-6-3;3-1-2(4)5/h4-12H2,1-3H3;1H2,(H,4,5). The Kier molecular flexibility index (Phi) is 19.8. The van der Waals surface area contributed by atoms with Gasteiger partial charge < -0.3 is 5.11 Å². The van der Waals surface area contributed by atoms with Gasteiger partial charge in [0, 0.05) is 0 Å². The first-order valence-corrected chi connectivity index (χ1v) is 12.2. The molecule has 109 valence electrons. The maximum atomic E-state index is 9.24. The summed E-state index contributed by atoms with van der Waals surface area (Å²) in [7, 11) is 0. The first-order valence-electron chi connectivity index (χ1n) is 7.23. The second-order valence-electron chi connectivity index (χ2n) is 4.59. The van der Waals surface area contributed by atoms with Crippen molar-refractivity contribution in [2.45, 2.75) is 75.1 Å². The van der Waals surface area contributed by atoms with E-state index in [2.05, 4.69) is 20.8 Å². The van der Waals surface area contributed by atoms with Gasteiger partial charge in [0.2, 0.25) is 0 Å². The van der Waals surface area contributed by atoms with E-state index in [1.807, 2.05) is 0 Å². The second kappa shape index (κ2) is 17.3. The Morgan fingerprint density at radius 3 is 1.39 bits per heavy atom. The number of carbonyl (C=O) groups is 1. The van der Waals surface area contributed by atoms with Crippen molar-refractivity contribution in [2.75, 3.05) is 5.88 Å². The largest absolute Gasteiger partial charge is 0.480 e. The normalized spacial score (nSPS) is 10.1. The van der Waals surface area contributed by atoms with E-state index in [4.69, 9.17) is 16.7 Å². The van der Waals surface area contributed by atoms with Crippen LogP contribution in [0.4, 0.5) is 0 Å². The van der Waals surface area contributed by atoms with Gasteiger partial charge in [-0.05, 0) is 0 Å². The summed E-state index contributed by atoms with van der Waals surface area (Å²) in [6.45, 7) is 6.99. The molecule has 18 heavy (non-hydrogen) atoms. The van der Waals surface area contributed by atoms with E-state index in [0.29, 0.717) is 0 Å². The maximum absolute atomic E-state index is 9.24. The van der Waals surface area contributed by atoms with Crippen LogP contribution in [0.3, 0.4) is 0 Å². The number of rotatable bonds is 10. The van der Waals surface area contributed by atoms with Crippen molar-refractivity contribution in [3.8, 4) is 0 Å². The van der Waals surface area contributed by atoms with Gasteiger partial charge >= 0.3 is 95.4 Å². The maximum Gasteiger partial charge on any atom is 0.318 e. The third-order valence-corrected chi connectivity index (χ3v) is 9.67. The van der Waals surface area contributed by atoms with Gasteiger partial charge in [-0.2, -0.15) is 0 Å². The van der Waals surface area contributed by atoms with E-state index < -0.39 is 20.3 Å². The van der Waals surface area contributed by atoms with E-state index >= 15 is 0 Å². The van der Waals surface area contributed by atoms with Crippen molar-refractivity contribution < 1.29 is 9.90 Å². The molecule has 0 bridgehead atoms. The third-order valence-electron chi connectivity index (χ3n) is 2.77. The third kappa shape index (κ3) is 18.7. The zero-order valence-corrected chi connectivity index (χ0v) is 15.2. The Morgan fingerprint density at radius 2 is 1.22 bits per heavy atom.